The first-order chi connectivity index (χ1) is 10.9. The van der Waals surface area contributed by atoms with E-state index >= 15 is 0 Å². The number of halogens is 4. The lowest BCUT2D eigenvalue weighted by atomic mass is 10.1. The van der Waals surface area contributed by atoms with Crippen LogP contribution in [0.25, 0.3) is 11.1 Å². The highest BCUT2D eigenvalue weighted by molar-refractivity contribution is 14.1. The summed E-state index contributed by atoms with van der Waals surface area (Å²) < 4.78 is 58.7. The van der Waals surface area contributed by atoms with E-state index in [4.69, 9.17) is 13.0 Å². The van der Waals surface area contributed by atoms with E-state index < -0.39 is 15.6 Å². The first kappa shape index (κ1) is 20.3. The van der Waals surface area contributed by atoms with Gasteiger partial charge in [0.2, 0.25) is 0 Å². The maximum Gasteiger partial charge on any atom is 0.522 e. The second kappa shape index (κ2) is 7.90. The maximum atomic E-state index is 10.7. The van der Waals surface area contributed by atoms with Gasteiger partial charge in [0.25, 0.3) is 5.69 Å². The SMILES string of the molecule is O=S(=O)(O)C(F)(F)F.O=[N+]([O-])c1ccc(-c2ccccc2I)cc1. The van der Waals surface area contributed by atoms with Crippen molar-refractivity contribution in [2.75, 3.05) is 0 Å². The van der Waals surface area contributed by atoms with Crippen LogP contribution in [0.15, 0.2) is 48.5 Å². The van der Waals surface area contributed by atoms with Gasteiger partial charge in [0.05, 0.1) is 4.92 Å². The van der Waals surface area contributed by atoms with Crippen molar-refractivity contribution in [3.63, 3.8) is 0 Å². The average Bonchev–Trinajstić information content (AvgIpc) is 2.46. The van der Waals surface area contributed by atoms with Crippen LogP contribution in [-0.2, 0) is 10.1 Å². The highest BCUT2D eigenvalue weighted by Gasteiger charge is 2.44. The second-order valence-electron chi connectivity index (χ2n) is 4.20. The Labute approximate surface area is 148 Å². The number of hydrogen-bond donors (Lipinski definition) is 1. The van der Waals surface area contributed by atoms with Gasteiger partial charge in [-0.1, -0.05) is 18.2 Å². The second-order valence-corrected chi connectivity index (χ2v) is 6.78. The van der Waals surface area contributed by atoms with Gasteiger partial charge in [-0.3, -0.25) is 14.7 Å². The molecule has 0 atom stereocenters. The Morgan fingerprint density at radius 3 is 1.88 bits per heavy atom. The van der Waals surface area contributed by atoms with Crippen LogP contribution in [0.1, 0.15) is 0 Å². The van der Waals surface area contributed by atoms with Crippen molar-refractivity contribution in [2.24, 2.45) is 0 Å². The van der Waals surface area contributed by atoms with Crippen molar-refractivity contribution in [1.82, 2.24) is 0 Å². The van der Waals surface area contributed by atoms with Crippen LogP contribution < -0.4 is 0 Å². The van der Waals surface area contributed by atoms with Gasteiger partial charge in [0, 0.05) is 15.7 Å². The zero-order chi connectivity index (χ0) is 18.5. The highest BCUT2D eigenvalue weighted by Crippen LogP contribution is 2.26. The van der Waals surface area contributed by atoms with Gasteiger partial charge in [-0.15, -0.1) is 0 Å². The third kappa shape index (κ3) is 5.72. The topological polar surface area (TPSA) is 97.5 Å². The summed E-state index contributed by atoms with van der Waals surface area (Å²) in [6, 6.07) is 14.5. The molecule has 0 saturated carbocycles. The molecule has 0 saturated heterocycles. The fraction of sp³-hybridized carbons (Fsp3) is 0.0769. The molecule has 0 aromatic heterocycles. The molecule has 0 radical (unpaired) electrons. The van der Waals surface area contributed by atoms with Crippen molar-refractivity contribution in [1.29, 1.82) is 0 Å². The maximum absolute atomic E-state index is 10.7. The van der Waals surface area contributed by atoms with E-state index in [0.717, 1.165) is 14.7 Å². The van der Waals surface area contributed by atoms with Crippen molar-refractivity contribution >= 4 is 38.4 Å². The highest BCUT2D eigenvalue weighted by atomic mass is 127. The summed E-state index contributed by atoms with van der Waals surface area (Å²) in [6.45, 7) is 0. The Kier molecular flexibility index (Phi) is 6.68. The molecular formula is C13H9F3INO5S. The molecule has 11 heteroatoms. The normalized spacial score (nSPS) is 11.4. The van der Waals surface area contributed by atoms with E-state index in [1.165, 1.54) is 12.1 Å². The first-order valence-electron chi connectivity index (χ1n) is 5.96. The Morgan fingerprint density at radius 2 is 1.50 bits per heavy atom. The lowest BCUT2D eigenvalue weighted by Crippen LogP contribution is -2.21. The fourth-order valence-corrected chi connectivity index (χ4v) is 2.16. The minimum atomic E-state index is -5.84. The molecule has 2 aromatic rings. The molecule has 0 fully saturated rings. The van der Waals surface area contributed by atoms with E-state index in [-0.39, 0.29) is 10.6 Å². The van der Waals surface area contributed by atoms with Crippen LogP contribution in [0, 0.1) is 13.7 Å². The monoisotopic (exact) mass is 475 g/mol. The number of nitro groups is 1. The molecule has 0 bridgehead atoms. The van der Waals surface area contributed by atoms with Gasteiger partial charge in [-0.2, -0.15) is 21.6 Å². The Bertz CT molecular complexity index is 822. The Balaban J connectivity index is 0.000000307. The summed E-state index contributed by atoms with van der Waals surface area (Å²) >= 11 is 2.25. The summed E-state index contributed by atoms with van der Waals surface area (Å²) in [6.07, 6.45) is 0. The summed E-state index contributed by atoms with van der Waals surface area (Å²) in [5.74, 6) is 0. The van der Waals surface area contributed by atoms with E-state index in [1.807, 2.05) is 24.3 Å². The molecule has 6 nitrogen and oxygen atoms in total. The van der Waals surface area contributed by atoms with Crippen molar-refractivity contribution < 1.29 is 31.1 Å². The van der Waals surface area contributed by atoms with Crippen LogP contribution in [0.4, 0.5) is 18.9 Å². The minimum absolute atomic E-state index is 0.120. The fourth-order valence-electron chi connectivity index (χ4n) is 1.46. The summed E-state index contributed by atoms with van der Waals surface area (Å²) in [5.41, 5.74) is -3.32. The van der Waals surface area contributed by atoms with Crippen LogP contribution in [0.5, 0.6) is 0 Å². The smallest absolute Gasteiger partial charge is 0.279 e. The molecule has 0 amide bonds. The number of nitro benzene ring substituents is 1. The van der Waals surface area contributed by atoms with Gasteiger partial charge in [0.15, 0.2) is 0 Å². The van der Waals surface area contributed by atoms with Crippen molar-refractivity contribution in [3.8, 4) is 11.1 Å². The zero-order valence-electron chi connectivity index (χ0n) is 11.6. The van der Waals surface area contributed by atoms with Gasteiger partial charge in [-0.05, 0) is 51.9 Å². The molecule has 0 spiro atoms. The standard InChI is InChI=1S/C12H8INO2.CHF3O3S/c13-12-4-2-1-3-11(12)9-5-7-10(8-6-9)14(15)16;2-1(3,4)8(5,6)7/h1-8H;(H,5,6,7). The van der Waals surface area contributed by atoms with Crippen molar-refractivity contribution in [3.05, 3.63) is 62.2 Å². The first-order valence-corrected chi connectivity index (χ1v) is 8.48. The molecule has 1 N–H and O–H groups in total. The molecular weight excluding hydrogens is 466 g/mol. The number of alkyl halides is 3. The van der Waals surface area contributed by atoms with E-state index in [2.05, 4.69) is 22.6 Å². The summed E-state index contributed by atoms with van der Waals surface area (Å²) in [4.78, 5) is 10.1. The van der Waals surface area contributed by atoms with Gasteiger partial charge in [0.1, 0.15) is 0 Å². The Morgan fingerprint density at radius 1 is 1.04 bits per heavy atom. The zero-order valence-corrected chi connectivity index (χ0v) is 14.5. The Hall–Kier alpha value is -1.73. The molecule has 0 aliphatic heterocycles. The number of benzene rings is 2. The molecule has 0 aliphatic carbocycles. The molecule has 24 heavy (non-hydrogen) atoms. The quantitative estimate of drug-likeness (QED) is 0.230. The number of rotatable bonds is 2. The predicted molar refractivity (Wildman–Crippen MR) is 88.9 cm³/mol. The van der Waals surface area contributed by atoms with Crippen LogP contribution >= 0.6 is 22.6 Å². The predicted octanol–water partition coefficient (Wildman–Crippen LogP) is 4.26. The van der Waals surface area contributed by atoms with Gasteiger partial charge >= 0.3 is 15.6 Å². The lowest BCUT2D eigenvalue weighted by molar-refractivity contribution is -0.384. The summed E-state index contributed by atoms with van der Waals surface area (Å²) in [5, 5.41) is 10.5. The number of nitrogens with zero attached hydrogens (tertiary/aromatic N) is 1. The lowest BCUT2D eigenvalue weighted by Gasteiger charge is -2.03. The van der Waals surface area contributed by atoms with Crippen LogP contribution in [-0.4, -0.2) is 23.4 Å². The number of hydrogen-bond acceptors (Lipinski definition) is 4. The number of non-ortho nitro benzene ring substituents is 1. The average molecular weight is 475 g/mol. The summed E-state index contributed by atoms with van der Waals surface area (Å²) in [7, 11) is -5.84. The molecule has 0 unspecified atom stereocenters. The van der Waals surface area contributed by atoms with Crippen LogP contribution in [0.3, 0.4) is 0 Å². The molecule has 2 rings (SSSR count). The van der Waals surface area contributed by atoms with E-state index in [9.17, 15) is 23.3 Å². The molecule has 0 heterocycles. The third-order valence-electron chi connectivity index (χ3n) is 2.56. The minimum Gasteiger partial charge on any atom is -0.279 e. The van der Waals surface area contributed by atoms with Crippen LogP contribution in [0.2, 0.25) is 0 Å². The molecule has 130 valence electrons. The molecule has 0 aliphatic rings. The molecule has 2 aromatic carbocycles. The van der Waals surface area contributed by atoms with Crippen molar-refractivity contribution in [2.45, 2.75) is 5.51 Å². The van der Waals surface area contributed by atoms with E-state index in [0.29, 0.717) is 0 Å². The van der Waals surface area contributed by atoms with E-state index in [1.54, 1.807) is 12.1 Å². The third-order valence-corrected chi connectivity index (χ3v) is 4.08. The largest absolute Gasteiger partial charge is 0.522 e. The van der Waals surface area contributed by atoms with Gasteiger partial charge < -0.3 is 0 Å². The van der Waals surface area contributed by atoms with Gasteiger partial charge in [-0.25, -0.2) is 0 Å².